The second-order valence-corrected chi connectivity index (χ2v) is 9.66. The van der Waals surface area contributed by atoms with E-state index in [2.05, 4.69) is 10.2 Å². The number of amides is 1. The summed E-state index contributed by atoms with van der Waals surface area (Å²) in [5.74, 6) is -0.0908. The van der Waals surface area contributed by atoms with Gasteiger partial charge in [0.05, 0.1) is 10.8 Å². The zero-order valence-electron chi connectivity index (χ0n) is 17.8. The van der Waals surface area contributed by atoms with Crippen LogP contribution in [0.15, 0.2) is 59.5 Å². The van der Waals surface area contributed by atoms with Crippen LogP contribution in [0.1, 0.15) is 30.4 Å². The van der Waals surface area contributed by atoms with Gasteiger partial charge in [0, 0.05) is 39.3 Å². The quantitative estimate of drug-likeness (QED) is 0.700. The maximum absolute atomic E-state index is 12.8. The highest BCUT2D eigenvalue weighted by Gasteiger charge is 2.28. The molecule has 1 N–H and O–H groups in total. The van der Waals surface area contributed by atoms with Crippen molar-refractivity contribution in [3.63, 3.8) is 0 Å². The number of carbonyl (C=O) groups excluding carboxylic acids is 1. The number of piperazine rings is 1. The zero-order chi connectivity index (χ0) is 21.6. The molecule has 1 heterocycles. The first-order chi connectivity index (χ1) is 14.4. The lowest BCUT2D eigenvalue weighted by atomic mass is 9.96. The first-order valence-corrected chi connectivity index (χ1v) is 12.0. The molecule has 7 heteroatoms. The van der Waals surface area contributed by atoms with E-state index in [0.29, 0.717) is 37.6 Å². The Morgan fingerprint density at radius 2 is 1.63 bits per heavy atom. The van der Waals surface area contributed by atoms with Crippen molar-refractivity contribution in [2.75, 3.05) is 39.3 Å². The SMILES string of the molecule is CCC(C(=O)NCCN1CCN(S(=O)(=O)c2ccc(C)cc2)CC1)c1ccccc1. The summed E-state index contributed by atoms with van der Waals surface area (Å²) >= 11 is 0. The molecule has 6 nitrogen and oxygen atoms in total. The van der Waals surface area contributed by atoms with Crippen LogP contribution in [0.25, 0.3) is 0 Å². The lowest BCUT2D eigenvalue weighted by molar-refractivity contribution is -0.122. The van der Waals surface area contributed by atoms with E-state index in [1.165, 1.54) is 0 Å². The highest BCUT2D eigenvalue weighted by atomic mass is 32.2. The molecule has 1 saturated heterocycles. The topological polar surface area (TPSA) is 69.7 Å². The van der Waals surface area contributed by atoms with Crippen molar-refractivity contribution in [1.82, 2.24) is 14.5 Å². The van der Waals surface area contributed by atoms with E-state index < -0.39 is 10.0 Å². The van der Waals surface area contributed by atoms with Crippen LogP contribution in [0.4, 0.5) is 0 Å². The Labute approximate surface area is 179 Å². The second-order valence-electron chi connectivity index (χ2n) is 7.72. The molecule has 1 amide bonds. The van der Waals surface area contributed by atoms with Gasteiger partial charge in [0.15, 0.2) is 0 Å². The number of rotatable bonds is 8. The first-order valence-electron chi connectivity index (χ1n) is 10.5. The number of carbonyl (C=O) groups is 1. The third-order valence-electron chi connectivity index (χ3n) is 5.64. The zero-order valence-corrected chi connectivity index (χ0v) is 18.6. The molecule has 0 radical (unpaired) electrons. The summed E-state index contributed by atoms with van der Waals surface area (Å²) in [5.41, 5.74) is 2.07. The maximum Gasteiger partial charge on any atom is 0.243 e. The van der Waals surface area contributed by atoms with Crippen LogP contribution < -0.4 is 5.32 Å². The number of hydrogen-bond acceptors (Lipinski definition) is 4. The lowest BCUT2D eigenvalue weighted by Crippen LogP contribution is -2.50. The Balaban J connectivity index is 1.46. The summed E-state index contributed by atoms with van der Waals surface area (Å²) in [6, 6.07) is 16.8. The Kier molecular flexibility index (Phi) is 7.64. The van der Waals surface area contributed by atoms with Crippen LogP contribution in [-0.2, 0) is 14.8 Å². The van der Waals surface area contributed by atoms with Gasteiger partial charge in [-0.15, -0.1) is 0 Å². The molecule has 1 fully saturated rings. The third kappa shape index (κ3) is 5.47. The molecule has 2 aromatic carbocycles. The average molecular weight is 430 g/mol. The van der Waals surface area contributed by atoms with Crippen molar-refractivity contribution >= 4 is 15.9 Å². The van der Waals surface area contributed by atoms with Crippen LogP contribution in [0.2, 0.25) is 0 Å². The van der Waals surface area contributed by atoms with E-state index in [-0.39, 0.29) is 11.8 Å². The summed E-state index contributed by atoms with van der Waals surface area (Å²) < 4.78 is 27.2. The highest BCUT2D eigenvalue weighted by molar-refractivity contribution is 7.89. The molecule has 1 atom stereocenters. The highest BCUT2D eigenvalue weighted by Crippen LogP contribution is 2.20. The van der Waals surface area contributed by atoms with E-state index in [4.69, 9.17) is 0 Å². The molecule has 0 bridgehead atoms. The fourth-order valence-corrected chi connectivity index (χ4v) is 5.19. The smallest absolute Gasteiger partial charge is 0.243 e. The van der Waals surface area contributed by atoms with Gasteiger partial charge in [-0.1, -0.05) is 55.0 Å². The first kappa shape index (κ1) is 22.5. The molecule has 0 aromatic heterocycles. The van der Waals surface area contributed by atoms with E-state index >= 15 is 0 Å². The van der Waals surface area contributed by atoms with Gasteiger partial charge in [0.25, 0.3) is 0 Å². The fourth-order valence-electron chi connectivity index (χ4n) is 3.77. The van der Waals surface area contributed by atoms with Crippen molar-refractivity contribution < 1.29 is 13.2 Å². The van der Waals surface area contributed by atoms with Gasteiger partial charge < -0.3 is 5.32 Å². The number of nitrogens with one attached hydrogen (secondary N) is 1. The summed E-state index contributed by atoms with van der Waals surface area (Å²) in [6.45, 7) is 7.49. The van der Waals surface area contributed by atoms with E-state index in [1.54, 1.807) is 16.4 Å². The van der Waals surface area contributed by atoms with Gasteiger partial charge in [-0.25, -0.2) is 8.42 Å². The molecule has 3 rings (SSSR count). The molecular formula is C23H31N3O3S. The Bertz CT molecular complexity index is 922. The van der Waals surface area contributed by atoms with Gasteiger partial charge in [-0.3, -0.25) is 9.69 Å². The summed E-state index contributed by atoms with van der Waals surface area (Å²) in [6.07, 6.45) is 0.755. The average Bonchev–Trinajstić information content (AvgIpc) is 2.76. The Morgan fingerprint density at radius 3 is 2.23 bits per heavy atom. The van der Waals surface area contributed by atoms with Crippen LogP contribution >= 0.6 is 0 Å². The van der Waals surface area contributed by atoms with Crippen molar-refractivity contribution in [3.8, 4) is 0 Å². The van der Waals surface area contributed by atoms with Crippen molar-refractivity contribution in [2.24, 2.45) is 0 Å². The fraction of sp³-hybridized carbons (Fsp3) is 0.435. The van der Waals surface area contributed by atoms with Crippen LogP contribution in [0.5, 0.6) is 0 Å². The number of hydrogen-bond donors (Lipinski definition) is 1. The lowest BCUT2D eigenvalue weighted by Gasteiger charge is -2.34. The Hall–Kier alpha value is -2.22. The molecular weight excluding hydrogens is 398 g/mol. The van der Waals surface area contributed by atoms with Crippen LogP contribution in [-0.4, -0.2) is 62.8 Å². The second kappa shape index (κ2) is 10.2. The van der Waals surface area contributed by atoms with E-state index in [0.717, 1.165) is 24.1 Å². The number of benzene rings is 2. The van der Waals surface area contributed by atoms with Crippen LogP contribution in [0, 0.1) is 6.92 Å². The molecule has 1 unspecified atom stereocenters. The van der Waals surface area contributed by atoms with Gasteiger partial charge in [-0.2, -0.15) is 4.31 Å². The van der Waals surface area contributed by atoms with Gasteiger partial charge in [-0.05, 0) is 31.0 Å². The molecule has 0 aliphatic carbocycles. The van der Waals surface area contributed by atoms with Crippen molar-refractivity contribution in [1.29, 1.82) is 0 Å². The van der Waals surface area contributed by atoms with Gasteiger partial charge in [0.2, 0.25) is 15.9 Å². The summed E-state index contributed by atoms with van der Waals surface area (Å²) in [4.78, 5) is 15.1. The maximum atomic E-state index is 12.8. The minimum atomic E-state index is -3.44. The number of sulfonamides is 1. The monoisotopic (exact) mass is 429 g/mol. The van der Waals surface area contributed by atoms with Gasteiger partial charge >= 0.3 is 0 Å². The number of aryl methyl sites for hydroxylation is 1. The molecule has 162 valence electrons. The molecule has 2 aromatic rings. The summed E-state index contributed by atoms with van der Waals surface area (Å²) in [7, 11) is -3.44. The van der Waals surface area contributed by atoms with Crippen molar-refractivity contribution in [3.05, 3.63) is 65.7 Å². The Morgan fingerprint density at radius 1 is 1.00 bits per heavy atom. The minimum Gasteiger partial charge on any atom is -0.354 e. The standard InChI is InChI=1S/C23H31N3O3S/c1-3-22(20-7-5-4-6-8-20)23(27)24-13-14-25-15-17-26(18-16-25)30(28,29)21-11-9-19(2)10-12-21/h4-12,22H,3,13-18H2,1-2H3,(H,24,27). The van der Waals surface area contributed by atoms with E-state index in [9.17, 15) is 13.2 Å². The van der Waals surface area contributed by atoms with Crippen LogP contribution in [0.3, 0.4) is 0 Å². The predicted molar refractivity (Wildman–Crippen MR) is 119 cm³/mol. The minimum absolute atomic E-state index is 0.0456. The van der Waals surface area contributed by atoms with E-state index in [1.807, 2.05) is 56.3 Å². The molecule has 30 heavy (non-hydrogen) atoms. The molecule has 0 saturated carbocycles. The largest absolute Gasteiger partial charge is 0.354 e. The number of nitrogens with zero attached hydrogens (tertiary/aromatic N) is 2. The molecule has 0 spiro atoms. The third-order valence-corrected chi connectivity index (χ3v) is 7.56. The van der Waals surface area contributed by atoms with Gasteiger partial charge in [0.1, 0.15) is 0 Å². The van der Waals surface area contributed by atoms with Crippen molar-refractivity contribution in [2.45, 2.75) is 31.1 Å². The normalized spacial score (nSPS) is 16.9. The summed E-state index contributed by atoms with van der Waals surface area (Å²) in [5, 5.41) is 3.04. The predicted octanol–water partition coefficient (Wildman–Crippen LogP) is 2.61. The molecule has 1 aliphatic heterocycles. The molecule has 1 aliphatic rings.